The third-order valence-electron chi connectivity index (χ3n) is 2.58. The van der Waals surface area contributed by atoms with Crippen LogP contribution in [0, 0.1) is 17.0 Å². The largest absolute Gasteiger partial charge is 0.459 e. The second-order valence-corrected chi connectivity index (χ2v) is 4.00. The molecule has 0 amide bonds. The quantitative estimate of drug-likeness (QED) is 0.477. The number of hydrogen-bond donors (Lipinski definition) is 1. The first-order valence-electron chi connectivity index (χ1n) is 5.41. The zero-order valence-corrected chi connectivity index (χ0v) is 10.1. The van der Waals surface area contributed by atoms with Gasteiger partial charge in [-0.1, -0.05) is 15.7 Å². The molecule has 0 aromatic carbocycles. The summed E-state index contributed by atoms with van der Waals surface area (Å²) in [5, 5.41) is 10.6. The molecule has 2 heterocycles. The van der Waals surface area contributed by atoms with E-state index in [0.29, 0.717) is 4.68 Å². The number of hydrogen-bond acceptors (Lipinski definition) is 6. The first-order chi connectivity index (χ1) is 8.99. The maximum Gasteiger partial charge on any atom is 0.459 e. The predicted molar refractivity (Wildman–Crippen MR) is 67.1 cm³/mol. The number of aryl methyl sites for hydroxylation is 1. The molecule has 0 aliphatic carbocycles. The molecule has 8 heteroatoms. The van der Waals surface area contributed by atoms with Crippen LogP contribution in [0.2, 0.25) is 0 Å². The molecule has 0 bridgehead atoms. The van der Waals surface area contributed by atoms with Gasteiger partial charge in [0.05, 0.1) is 5.56 Å². The molecule has 0 aliphatic heterocycles. The summed E-state index contributed by atoms with van der Waals surface area (Å²) in [5.74, 6) is 4.66. The molecule has 0 unspecified atom stereocenters. The number of nitrogen functional groups attached to an aromatic ring is 1. The van der Waals surface area contributed by atoms with Crippen LogP contribution in [0.1, 0.15) is 16.8 Å². The van der Waals surface area contributed by atoms with Crippen molar-refractivity contribution in [2.75, 3.05) is 5.84 Å². The van der Waals surface area contributed by atoms with E-state index in [2.05, 4.69) is 9.97 Å². The second-order valence-electron chi connectivity index (χ2n) is 4.00. The van der Waals surface area contributed by atoms with Gasteiger partial charge in [0.25, 0.3) is 0 Å². The smallest absolute Gasteiger partial charge is 0.390 e. The Hall–Kier alpha value is -2.77. The lowest BCUT2D eigenvalue weighted by molar-refractivity contribution is -0.396. The van der Waals surface area contributed by atoms with Gasteiger partial charge in [-0.05, 0) is 23.5 Å². The molecule has 0 fully saturated rings. The van der Waals surface area contributed by atoms with E-state index in [-0.39, 0.29) is 12.0 Å². The van der Waals surface area contributed by atoms with Crippen molar-refractivity contribution in [3.05, 3.63) is 61.8 Å². The Labute approximate surface area is 107 Å². The third kappa shape index (κ3) is 2.57. The fourth-order valence-corrected chi connectivity index (χ4v) is 1.58. The first-order valence-corrected chi connectivity index (χ1v) is 5.41. The van der Waals surface area contributed by atoms with E-state index in [1.54, 1.807) is 6.20 Å². The van der Waals surface area contributed by atoms with E-state index < -0.39 is 16.4 Å². The van der Waals surface area contributed by atoms with E-state index in [4.69, 9.17) is 5.84 Å². The average molecular weight is 261 g/mol. The van der Waals surface area contributed by atoms with E-state index >= 15 is 0 Å². The summed E-state index contributed by atoms with van der Waals surface area (Å²) in [7, 11) is 0. The van der Waals surface area contributed by atoms with Gasteiger partial charge in [0.2, 0.25) is 0 Å². The molecular formula is C11H11N5O3. The van der Waals surface area contributed by atoms with Crippen molar-refractivity contribution >= 4 is 5.95 Å². The van der Waals surface area contributed by atoms with Crippen LogP contribution in [-0.2, 0) is 6.42 Å². The molecule has 98 valence electrons. The molecule has 2 N–H and O–H groups in total. The zero-order valence-electron chi connectivity index (χ0n) is 10.1. The van der Waals surface area contributed by atoms with Gasteiger partial charge in [0.15, 0.2) is 0 Å². The summed E-state index contributed by atoms with van der Waals surface area (Å²) >= 11 is 0. The Bertz CT molecular complexity index is 678. The molecule has 8 nitrogen and oxygen atoms in total. The van der Waals surface area contributed by atoms with Gasteiger partial charge in [-0.15, -0.1) is 0 Å². The minimum absolute atomic E-state index is 0.272. The van der Waals surface area contributed by atoms with Crippen LogP contribution in [0.3, 0.4) is 0 Å². The number of nitrogens with zero attached hydrogens (tertiary/aromatic N) is 4. The molecule has 0 spiro atoms. The van der Waals surface area contributed by atoms with Crippen LogP contribution in [0.5, 0.6) is 0 Å². The van der Waals surface area contributed by atoms with Gasteiger partial charge in [-0.3, -0.25) is 10.8 Å². The number of rotatable bonds is 3. The maximum atomic E-state index is 11.8. The summed E-state index contributed by atoms with van der Waals surface area (Å²) in [4.78, 5) is 29.3. The molecule has 0 saturated carbocycles. The summed E-state index contributed by atoms with van der Waals surface area (Å²) in [5.41, 5.74) is 1.31. The van der Waals surface area contributed by atoms with Crippen molar-refractivity contribution in [1.82, 2.24) is 14.6 Å². The molecular weight excluding hydrogens is 250 g/mol. The molecule has 0 radical (unpaired) electrons. The third-order valence-corrected chi connectivity index (χ3v) is 2.58. The van der Waals surface area contributed by atoms with Crippen LogP contribution in [-0.4, -0.2) is 19.6 Å². The Morgan fingerprint density at radius 3 is 2.68 bits per heavy atom. The van der Waals surface area contributed by atoms with Crippen LogP contribution in [0.15, 0.2) is 29.3 Å². The highest BCUT2D eigenvalue weighted by atomic mass is 16.6. The summed E-state index contributed by atoms with van der Waals surface area (Å²) in [6.45, 7) is 1.85. The lowest BCUT2D eigenvalue weighted by Gasteiger charge is -2.02. The van der Waals surface area contributed by atoms with Gasteiger partial charge in [-0.2, -0.15) is 0 Å². The van der Waals surface area contributed by atoms with Crippen LogP contribution in [0.4, 0.5) is 5.95 Å². The highest BCUT2D eigenvalue weighted by Crippen LogP contribution is 2.07. The van der Waals surface area contributed by atoms with Crippen LogP contribution < -0.4 is 11.4 Å². The fourth-order valence-electron chi connectivity index (χ4n) is 1.58. The zero-order chi connectivity index (χ0) is 14.0. The number of pyridine rings is 1. The van der Waals surface area contributed by atoms with Crippen molar-refractivity contribution in [1.29, 1.82) is 0 Å². The number of nitro groups is 1. The molecule has 2 aromatic rings. The molecule has 0 atom stereocenters. The topological polar surface area (TPSA) is 117 Å². The standard InChI is InChI=1S/C11H11N5O3/c1-7-2-3-8(5-13-7)4-9-6-14-11(16(18)19)15(12)10(9)17/h2-3,5-6H,4,12H2,1H3. The Balaban J connectivity index is 2.37. The minimum atomic E-state index is -0.807. The van der Waals surface area contributed by atoms with E-state index in [0.717, 1.165) is 11.3 Å². The Morgan fingerprint density at radius 2 is 2.11 bits per heavy atom. The predicted octanol–water partition coefficient (Wildman–Crippen LogP) is 0.160. The van der Waals surface area contributed by atoms with Crippen molar-refractivity contribution in [3.63, 3.8) is 0 Å². The highest BCUT2D eigenvalue weighted by molar-refractivity contribution is 5.23. The summed E-state index contributed by atoms with van der Waals surface area (Å²) in [6.07, 6.45) is 3.08. The molecule has 2 rings (SSSR count). The van der Waals surface area contributed by atoms with Crippen molar-refractivity contribution in [2.24, 2.45) is 0 Å². The summed E-state index contributed by atoms with van der Waals surface area (Å²) in [6, 6.07) is 3.64. The van der Waals surface area contributed by atoms with Crippen molar-refractivity contribution in [3.8, 4) is 0 Å². The van der Waals surface area contributed by atoms with E-state index in [9.17, 15) is 14.9 Å². The van der Waals surface area contributed by atoms with E-state index in [1.165, 1.54) is 6.20 Å². The fraction of sp³-hybridized carbons (Fsp3) is 0.182. The van der Waals surface area contributed by atoms with E-state index in [1.807, 2.05) is 19.1 Å². The van der Waals surface area contributed by atoms with Crippen molar-refractivity contribution < 1.29 is 4.92 Å². The molecule has 2 aromatic heterocycles. The SMILES string of the molecule is Cc1ccc(Cc2cnc([N+](=O)[O-])n(N)c2=O)cn1. The monoisotopic (exact) mass is 261 g/mol. The number of aromatic nitrogens is 3. The lowest BCUT2D eigenvalue weighted by Crippen LogP contribution is -2.32. The van der Waals surface area contributed by atoms with Gasteiger partial charge < -0.3 is 10.1 Å². The molecule has 0 aliphatic rings. The van der Waals surface area contributed by atoms with Gasteiger partial charge in [0, 0.05) is 18.3 Å². The van der Waals surface area contributed by atoms with Gasteiger partial charge >= 0.3 is 11.5 Å². The van der Waals surface area contributed by atoms with Crippen LogP contribution >= 0.6 is 0 Å². The second kappa shape index (κ2) is 4.84. The first kappa shape index (κ1) is 12.7. The highest BCUT2D eigenvalue weighted by Gasteiger charge is 2.18. The lowest BCUT2D eigenvalue weighted by atomic mass is 10.1. The summed E-state index contributed by atoms with van der Waals surface area (Å²) < 4.78 is 0.441. The van der Waals surface area contributed by atoms with Gasteiger partial charge in [0.1, 0.15) is 6.20 Å². The van der Waals surface area contributed by atoms with Gasteiger partial charge in [-0.25, -0.2) is 4.79 Å². The van der Waals surface area contributed by atoms with Crippen molar-refractivity contribution in [2.45, 2.75) is 13.3 Å². The molecule has 0 saturated heterocycles. The average Bonchev–Trinajstić information content (AvgIpc) is 2.37. The Morgan fingerprint density at radius 1 is 1.37 bits per heavy atom. The normalized spacial score (nSPS) is 10.4. The van der Waals surface area contributed by atoms with Crippen LogP contribution in [0.25, 0.3) is 0 Å². The minimum Gasteiger partial charge on any atom is -0.390 e. The number of nitrogens with two attached hydrogens (primary N) is 1. The Kier molecular flexibility index (Phi) is 3.23. The molecule has 19 heavy (non-hydrogen) atoms. The maximum absolute atomic E-state index is 11.8.